The fraction of sp³-hybridized carbons (Fsp3) is 0.643. The molecule has 0 bridgehead atoms. The lowest BCUT2D eigenvalue weighted by molar-refractivity contribution is 0.329. The third kappa shape index (κ3) is 2.75. The highest BCUT2D eigenvalue weighted by Crippen LogP contribution is 2.32. The number of aromatic nitrogens is 1. The average Bonchev–Trinajstić information content (AvgIpc) is 2.41. The average molecular weight is 249 g/mol. The van der Waals surface area contributed by atoms with E-state index in [1.54, 1.807) is 0 Å². The van der Waals surface area contributed by atoms with Gasteiger partial charge in [-0.1, -0.05) is 0 Å². The smallest absolute Gasteiger partial charge is 0.171 e. The maximum atomic E-state index is 5.81. The van der Waals surface area contributed by atoms with Gasteiger partial charge in [0.1, 0.15) is 0 Å². The van der Waals surface area contributed by atoms with E-state index in [1.165, 1.54) is 12.8 Å². The van der Waals surface area contributed by atoms with Gasteiger partial charge in [0.2, 0.25) is 0 Å². The number of rotatable bonds is 4. The molecule has 1 aromatic rings. The van der Waals surface area contributed by atoms with Crippen molar-refractivity contribution in [3.63, 3.8) is 0 Å². The minimum absolute atomic E-state index is 0.502. The van der Waals surface area contributed by atoms with Gasteiger partial charge in [0.25, 0.3) is 0 Å². The van der Waals surface area contributed by atoms with Gasteiger partial charge >= 0.3 is 0 Å². The number of hydrogen-bond donors (Lipinski definition) is 1. The molecule has 0 spiro atoms. The summed E-state index contributed by atoms with van der Waals surface area (Å²) in [5, 5.41) is 0. The van der Waals surface area contributed by atoms with E-state index in [4.69, 9.17) is 10.5 Å². The van der Waals surface area contributed by atoms with E-state index in [9.17, 15) is 0 Å². The molecule has 2 N–H and O–H groups in total. The summed E-state index contributed by atoms with van der Waals surface area (Å²) in [7, 11) is 0. The number of anilines is 1. The zero-order chi connectivity index (χ0) is 13.0. The van der Waals surface area contributed by atoms with Crippen molar-refractivity contribution in [1.82, 2.24) is 4.98 Å². The Balaban J connectivity index is 2.22. The van der Waals surface area contributed by atoms with Gasteiger partial charge < -0.3 is 15.4 Å². The molecule has 4 heteroatoms. The van der Waals surface area contributed by atoms with Crippen molar-refractivity contribution < 1.29 is 4.74 Å². The summed E-state index contributed by atoms with van der Waals surface area (Å²) in [5.41, 5.74) is 5.81. The van der Waals surface area contributed by atoms with Crippen LogP contribution in [-0.4, -0.2) is 30.7 Å². The van der Waals surface area contributed by atoms with E-state index in [0.717, 1.165) is 24.7 Å². The minimum atomic E-state index is 0.502. The molecule has 2 rings (SSSR count). The molecule has 1 aliphatic heterocycles. The van der Waals surface area contributed by atoms with Crippen LogP contribution in [0.25, 0.3) is 0 Å². The van der Waals surface area contributed by atoms with Gasteiger partial charge in [-0.2, -0.15) is 0 Å². The Morgan fingerprint density at radius 2 is 2.33 bits per heavy atom. The van der Waals surface area contributed by atoms with Crippen LogP contribution in [0, 0.1) is 5.92 Å². The van der Waals surface area contributed by atoms with Crippen molar-refractivity contribution in [2.24, 2.45) is 11.7 Å². The van der Waals surface area contributed by atoms with Gasteiger partial charge in [0, 0.05) is 18.8 Å². The van der Waals surface area contributed by atoms with Crippen LogP contribution in [0.3, 0.4) is 0 Å². The molecule has 4 nitrogen and oxygen atoms in total. The normalized spacial score (nSPS) is 24.1. The molecule has 100 valence electrons. The molecule has 0 aliphatic carbocycles. The highest BCUT2D eigenvalue weighted by atomic mass is 16.5. The van der Waals surface area contributed by atoms with E-state index < -0.39 is 0 Å². The van der Waals surface area contributed by atoms with Crippen LogP contribution < -0.4 is 15.4 Å². The minimum Gasteiger partial charge on any atom is -0.490 e. The summed E-state index contributed by atoms with van der Waals surface area (Å²) >= 11 is 0. The summed E-state index contributed by atoms with van der Waals surface area (Å²) in [6.45, 7) is 6.65. The molecule has 0 amide bonds. The van der Waals surface area contributed by atoms with E-state index >= 15 is 0 Å². The third-order valence-corrected chi connectivity index (χ3v) is 3.64. The summed E-state index contributed by atoms with van der Waals surface area (Å²) < 4.78 is 5.67. The number of nitrogens with zero attached hydrogens (tertiary/aromatic N) is 2. The molecule has 1 aliphatic rings. The zero-order valence-corrected chi connectivity index (χ0v) is 11.3. The second-order valence-corrected chi connectivity index (χ2v) is 4.94. The topological polar surface area (TPSA) is 51.4 Å². The van der Waals surface area contributed by atoms with Gasteiger partial charge in [-0.05, 0) is 51.3 Å². The molecule has 2 unspecified atom stereocenters. The number of pyridine rings is 1. The van der Waals surface area contributed by atoms with Crippen molar-refractivity contribution in [3.05, 3.63) is 18.3 Å². The van der Waals surface area contributed by atoms with Crippen LogP contribution in [0.15, 0.2) is 18.3 Å². The number of ether oxygens (including phenoxy) is 1. The molecule has 2 heterocycles. The molecular formula is C14H23N3O. The summed E-state index contributed by atoms with van der Waals surface area (Å²) in [4.78, 5) is 6.84. The molecule has 2 atom stereocenters. The fourth-order valence-corrected chi connectivity index (χ4v) is 2.54. The number of nitrogens with two attached hydrogens (primary N) is 1. The molecule has 1 saturated heterocycles. The molecule has 0 radical (unpaired) electrons. The van der Waals surface area contributed by atoms with Crippen molar-refractivity contribution in [2.45, 2.75) is 32.7 Å². The van der Waals surface area contributed by atoms with Crippen LogP contribution >= 0.6 is 0 Å². The monoisotopic (exact) mass is 249 g/mol. The van der Waals surface area contributed by atoms with Crippen LogP contribution in [0.4, 0.5) is 5.82 Å². The largest absolute Gasteiger partial charge is 0.490 e. The lowest BCUT2D eigenvalue weighted by Crippen LogP contribution is -2.44. The molecular weight excluding hydrogens is 226 g/mol. The second kappa shape index (κ2) is 6.05. The Kier molecular flexibility index (Phi) is 4.42. The molecule has 18 heavy (non-hydrogen) atoms. The molecule has 0 saturated carbocycles. The van der Waals surface area contributed by atoms with Gasteiger partial charge in [-0.25, -0.2) is 4.98 Å². The summed E-state index contributed by atoms with van der Waals surface area (Å²) in [5.74, 6) is 2.41. The van der Waals surface area contributed by atoms with Crippen LogP contribution in [0.5, 0.6) is 5.75 Å². The molecule has 1 aromatic heterocycles. The van der Waals surface area contributed by atoms with Crippen molar-refractivity contribution >= 4 is 5.82 Å². The SMILES string of the molecule is CCOc1cccnc1N1CC(CN)CCC1C. The number of hydrogen-bond acceptors (Lipinski definition) is 4. The maximum absolute atomic E-state index is 5.81. The van der Waals surface area contributed by atoms with E-state index in [0.29, 0.717) is 18.6 Å². The first-order valence-electron chi connectivity index (χ1n) is 6.80. The predicted octanol–water partition coefficient (Wildman–Crippen LogP) is 2.04. The Hall–Kier alpha value is -1.29. The van der Waals surface area contributed by atoms with E-state index in [-0.39, 0.29) is 0 Å². The summed E-state index contributed by atoms with van der Waals surface area (Å²) in [6.07, 6.45) is 4.21. The Bertz CT molecular complexity index is 383. The van der Waals surface area contributed by atoms with Gasteiger partial charge in [0.05, 0.1) is 6.61 Å². The molecule has 0 aromatic carbocycles. The van der Waals surface area contributed by atoms with Crippen LogP contribution in [0.1, 0.15) is 26.7 Å². The van der Waals surface area contributed by atoms with E-state index in [1.807, 2.05) is 25.3 Å². The van der Waals surface area contributed by atoms with Crippen molar-refractivity contribution in [2.75, 3.05) is 24.6 Å². The fourth-order valence-electron chi connectivity index (χ4n) is 2.54. The van der Waals surface area contributed by atoms with Crippen LogP contribution in [0.2, 0.25) is 0 Å². The zero-order valence-electron chi connectivity index (χ0n) is 11.3. The Morgan fingerprint density at radius 3 is 3.06 bits per heavy atom. The second-order valence-electron chi connectivity index (χ2n) is 4.94. The predicted molar refractivity (Wildman–Crippen MR) is 74.0 cm³/mol. The standard InChI is InChI=1S/C14H23N3O/c1-3-18-13-5-4-8-16-14(13)17-10-12(9-15)7-6-11(17)2/h4-5,8,11-12H,3,6-7,9-10,15H2,1-2H3. The van der Waals surface area contributed by atoms with Gasteiger partial charge in [0.15, 0.2) is 11.6 Å². The van der Waals surface area contributed by atoms with Crippen LogP contribution in [-0.2, 0) is 0 Å². The van der Waals surface area contributed by atoms with E-state index in [2.05, 4.69) is 16.8 Å². The number of piperidine rings is 1. The Morgan fingerprint density at radius 1 is 1.50 bits per heavy atom. The highest BCUT2D eigenvalue weighted by molar-refractivity contribution is 5.53. The lowest BCUT2D eigenvalue weighted by atomic mass is 9.93. The van der Waals surface area contributed by atoms with Crippen molar-refractivity contribution in [1.29, 1.82) is 0 Å². The highest BCUT2D eigenvalue weighted by Gasteiger charge is 2.27. The van der Waals surface area contributed by atoms with Gasteiger partial charge in [-0.3, -0.25) is 0 Å². The lowest BCUT2D eigenvalue weighted by Gasteiger charge is -2.39. The van der Waals surface area contributed by atoms with Gasteiger partial charge in [-0.15, -0.1) is 0 Å². The summed E-state index contributed by atoms with van der Waals surface area (Å²) in [6, 6.07) is 4.41. The third-order valence-electron chi connectivity index (χ3n) is 3.64. The molecule has 1 fully saturated rings. The first-order chi connectivity index (χ1) is 8.76. The first-order valence-corrected chi connectivity index (χ1v) is 6.80. The van der Waals surface area contributed by atoms with Crippen molar-refractivity contribution in [3.8, 4) is 5.75 Å². The quantitative estimate of drug-likeness (QED) is 0.887. The Labute approximate surface area is 109 Å². The first kappa shape index (κ1) is 13.1. The maximum Gasteiger partial charge on any atom is 0.171 e.